The number of hydrogen-bond donors (Lipinski definition) is 3. The maximum absolute atomic E-state index is 11.9. The zero-order valence-electron chi connectivity index (χ0n) is 9.46. The smallest absolute Gasteiger partial charge is 0.258 e. The highest BCUT2D eigenvalue weighted by atomic mass is 32.2. The Morgan fingerprint density at radius 2 is 2.47 bits per heavy atom. The first-order valence-corrected chi connectivity index (χ1v) is 6.91. The second-order valence-electron chi connectivity index (χ2n) is 3.96. The van der Waals surface area contributed by atoms with Gasteiger partial charge in [0.2, 0.25) is 0 Å². The van der Waals surface area contributed by atoms with Crippen LogP contribution in [-0.2, 0) is 14.8 Å². The van der Waals surface area contributed by atoms with Crippen LogP contribution in [0.2, 0.25) is 0 Å². The Morgan fingerprint density at radius 3 is 3.00 bits per heavy atom. The predicted octanol–water partition coefficient (Wildman–Crippen LogP) is -0.807. The lowest BCUT2D eigenvalue weighted by Gasteiger charge is -2.41. The number of aromatic amines is 1. The maximum atomic E-state index is 11.9. The van der Waals surface area contributed by atoms with Crippen LogP contribution in [0.5, 0.6) is 0 Å². The topological polar surface area (TPSA) is 110 Å². The van der Waals surface area contributed by atoms with Gasteiger partial charge in [-0.25, -0.2) is 18.1 Å². The van der Waals surface area contributed by atoms with Crippen molar-refractivity contribution < 1.29 is 13.2 Å². The van der Waals surface area contributed by atoms with Crippen molar-refractivity contribution in [3.63, 3.8) is 0 Å². The number of aromatic nitrogens is 2. The molecule has 4 N–H and O–H groups in total. The molecular formula is C9H16N4O3S. The minimum absolute atomic E-state index is 0.0341. The Labute approximate surface area is 99.8 Å². The average molecular weight is 260 g/mol. The molecule has 1 saturated carbocycles. The van der Waals surface area contributed by atoms with Crippen LogP contribution in [0.4, 0.5) is 0 Å². The molecule has 1 fully saturated rings. The highest BCUT2D eigenvalue weighted by Crippen LogP contribution is 2.24. The standard InChI is InChI=1S/C9H16N4O3S/c1-2-16-7-3-6(10)9(7)13-17(14,15)8-4-11-5-12-8/h4-7,9,13H,2-3,10H2,1H3,(H,11,12). The van der Waals surface area contributed by atoms with Crippen LogP contribution < -0.4 is 10.5 Å². The van der Waals surface area contributed by atoms with Gasteiger partial charge in [0, 0.05) is 12.6 Å². The van der Waals surface area contributed by atoms with Gasteiger partial charge >= 0.3 is 0 Å². The van der Waals surface area contributed by atoms with E-state index in [-0.39, 0.29) is 23.2 Å². The molecule has 1 aromatic heterocycles. The predicted molar refractivity (Wildman–Crippen MR) is 60.7 cm³/mol. The summed E-state index contributed by atoms with van der Waals surface area (Å²) in [6.45, 7) is 2.41. The normalized spacial score (nSPS) is 28.9. The van der Waals surface area contributed by atoms with Crippen molar-refractivity contribution in [3.8, 4) is 0 Å². The number of nitrogens with zero attached hydrogens (tertiary/aromatic N) is 1. The molecule has 1 aromatic rings. The van der Waals surface area contributed by atoms with Crippen molar-refractivity contribution in [1.82, 2.24) is 14.7 Å². The maximum Gasteiger partial charge on any atom is 0.258 e. The molecule has 96 valence electrons. The number of H-pyrrole nitrogens is 1. The molecule has 1 aliphatic rings. The van der Waals surface area contributed by atoms with Crippen molar-refractivity contribution >= 4 is 10.0 Å². The molecule has 0 bridgehead atoms. The number of rotatable bonds is 5. The van der Waals surface area contributed by atoms with Gasteiger partial charge in [0.15, 0.2) is 5.03 Å². The van der Waals surface area contributed by atoms with Crippen LogP contribution in [0.15, 0.2) is 17.6 Å². The van der Waals surface area contributed by atoms with Gasteiger partial charge in [-0.1, -0.05) is 0 Å². The summed E-state index contributed by atoms with van der Waals surface area (Å²) in [5, 5.41) is 0.0341. The zero-order chi connectivity index (χ0) is 12.5. The number of nitrogens with one attached hydrogen (secondary N) is 2. The fourth-order valence-corrected chi connectivity index (χ4v) is 3.04. The molecule has 7 nitrogen and oxygen atoms in total. The van der Waals surface area contributed by atoms with E-state index in [1.54, 1.807) is 0 Å². The molecule has 0 saturated heterocycles. The van der Waals surface area contributed by atoms with Crippen LogP contribution in [0.1, 0.15) is 13.3 Å². The molecule has 0 aromatic carbocycles. The summed E-state index contributed by atoms with van der Waals surface area (Å²) in [6, 6.07) is -0.576. The molecule has 0 spiro atoms. The van der Waals surface area contributed by atoms with E-state index in [9.17, 15) is 8.42 Å². The SMILES string of the molecule is CCOC1CC(N)C1NS(=O)(=O)c1cnc[nH]1. The second-order valence-corrected chi connectivity index (χ2v) is 5.64. The minimum Gasteiger partial charge on any atom is -0.377 e. The third-order valence-electron chi connectivity index (χ3n) is 2.80. The van der Waals surface area contributed by atoms with Crippen LogP contribution in [0.3, 0.4) is 0 Å². The van der Waals surface area contributed by atoms with E-state index < -0.39 is 10.0 Å². The molecule has 3 atom stereocenters. The highest BCUT2D eigenvalue weighted by molar-refractivity contribution is 7.89. The van der Waals surface area contributed by atoms with Gasteiger partial charge in [-0.05, 0) is 13.3 Å². The Kier molecular flexibility index (Phi) is 3.48. The van der Waals surface area contributed by atoms with E-state index in [1.807, 2.05) is 6.92 Å². The van der Waals surface area contributed by atoms with Crippen molar-refractivity contribution in [1.29, 1.82) is 0 Å². The summed E-state index contributed by atoms with van der Waals surface area (Å²) >= 11 is 0. The van der Waals surface area contributed by atoms with Crippen LogP contribution in [0, 0.1) is 0 Å². The van der Waals surface area contributed by atoms with Gasteiger partial charge in [-0.2, -0.15) is 0 Å². The molecule has 1 aliphatic carbocycles. The molecule has 2 rings (SSSR count). The number of hydrogen-bond acceptors (Lipinski definition) is 5. The van der Waals surface area contributed by atoms with Crippen molar-refractivity contribution in [3.05, 3.63) is 12.5 Å². The number of nitrogens with two attached hydrogens (primary N) is 1. The van der Waals surface area contributed by atoms with Crippen LogP contribution in [-0.4, -0.2) is 43.2 Å². The van der Waals surface area contributed by atoms with Gasteiger partial charge in [0.1, 0.15) is 0 Å². The summed E-state index contributed by atoms with van der Waals surface area (Å²) in [4.78, 5) is 6.23. The van der Waals surface area contributed by atoms with Crippen molar-refractivity contribution in [2.24, 2.45) is 5.73 Å². The molecule has 17 heavy (non-hydrogen) atoms. The summed E-state index contributed by atoms with van der Waals surface area (Å²) in [7, 11) is -3.59. The minimum atomic E-state index is -3.59. The Hall–Kier alpha value is -0.960. The fourth-order valence-electron chi connectivity index (χ4n) is 1.82. The van der Waals surface area contributed by atoms with Gasteiger partial charge < -0.3 is 15.5 Å². The van der Waals surface area contributed by atoms with E-state index in [1.165, 1.54) is 12.5 Å². The second kappa shape index (κ2) is 4.73. The number of imidazole rings is 1. The Bertz CT molecular complexity index is 457. The van der Waals surface area contributed by atoms with E-state index in [0.717, 1.165) is 0 Å². The van der Waals surface area contributed by atoms with E-state index in [0.29, 0.717) is 13.0 Å². The summed E-state index contributed by atoms with van der Waals surface area (Å²) < 4.78 is 31.7. The van der Waals surface area contributed by atoms with Gasteiger partial charge in [-0.3, -0.25) is 0 Å². The quantitative estimate of drug-likeness (QED) is 0.641. The molecule has 1 heterocycles. The fraction of sp³-hybridized carbons (Fsp3) is 0.667. The summed E-state index contributed by atoms with van der Waals surface area (Å²) in [6.07, 6.45) is 3.09. The van der Waals surface area contributed by atoms with E-state index >= 15 is 0 Å². The van der Waals surface area contributed by atoms with E-state index in [4.69, 9.17) is 10.5 Å². The average Bonchev–Trinajstić information content (AvgIpc) is 2.80. The Morgan fingerprint density at radius 1 is 1.71 bits per heavy atom. The molecule has 3 unspecified atom stereocenters. The van der Waals surface area contributed by atoms with Gasteiger partial charge in [0.05, 0.1) is 24.7 Å². The van der Waals surface area contributed by atoms with Crippen molar-refractivity contribution in [2.45, 2.75) is 36.6 Å². The Balaban J connectivity index is 2.05. The van der Waals surface area contributed by atoms with Gasteiger partial charge in [-0.15, -0.1) is 0 Å². The molecular weight excluding hydrogens is 244 g/mol. The molecule has 0 radical (unpaired) electrons. The van der Waals surface area contributed by atoms with E-state index in [2.05, 4.69) is 14.7 Å². The first kappa shape index (κ1) is 12.5. The summed E-state index contributed by atoms with van der Waals surface area (Å²) in [5.41, 5.74) is 5.77. The highest BCUT2D eigenvalue weighted by Gasteiger charge is 2.42. The molecule has 0 aliphatic heterocycles. The number of sulfonamides is 1. The van der Waals surface area contributed by atoms with Gasteiger partial charge in [0.25, 0.3) is 10.0 Å². The lowest BCUT2D eigenvalue weighted by Crippen LogP contribution is -2.64. The van der Waals surface area contributed by atoms with Crippen LogP contribution in [0.25, 0.3) is 0 Å². The van der Waals surface area contributed by atoms with Crippen molar-refractivity contribution in [2.75, 3.05) is 6.61 Å². The molecule has 8 heteroatoms. The van der Waals surface area contributed by atoms with Crippen LogP contribution >= 0.6 is 0 Å². The third kappa shape index (κ3) is 2.49. The largest absolute Gasteiger partial charge is 0.377 e. The summed E-state index contributed by atoms with van der Waals surface area (Å²) in [5.74, 6) is 0. The zero-order valence-corrected chi connectivity index (χ0v) is 10.3. The lowest BCUT2D eigenvalue weighted by molar-refractivity contribution is -0.0248. The monoisotopic (exact) mass is 260 g/mol. The third-order valence-corrected chi connectivity index (χ3v) is 4.19. The lowest BCUT2D eigenvalue weighted by atomic mass is 9.84. The molecule has 0 amide bonds. The first-order valence-electron chi connectivity index (χ1n) is 5.42. The number of ether oxygens (including phenoxy) is 1. The first-order chi connectivity index (χ1) is 8.04.